The summed E-state index contributed by atoms with van der Waals surface area (Å²) in [6.07, 6.45) is 4.63. The number of hydrogen-bond acceptors (Lipinski definition) is 2. The van der Waals surface area contributed by atoms with E-state index in [1.807, 2.05) is 11.7 Å². The van der Waals surface area contributed by atoms with Gasteiger partial charge in [0.2, 0.25) is 0 Å². The summed E-state index contributed by atoms with van der Waals surface area (Å²) in [6.45, 7) is 4.33. The average molecular weight is 255 g/mol. The van der Waals surface area contributed by atoms with E-state index in [9.17, 15) is 0 Å². The van der Waals surface area contributed by atoms with Gasteiger partial charge in [0.05, 0.1) is 5.69 Å². The van der Waals surface area contributed by atoms with Crippen LogP contribution in [0.4, 0.5) is 0 Å². The van der Waals surface area contributed by atoms with Crippen LogP contribution >= 0.6 is 0 Å². The molecule has 3 rings (SSSR count). The zero-order valence-corrected chi connectivity index (χ0v) is 11.7. The van der Waals surface area contributed by atoms with Crippen LogP contribution in [0.3, 0.4) is 0 Å². The lowest BCUT2D eigenvalue weighted by Gasteiger charge is -2.22. The Morgan fingerprint density at radius 3 is 3.00 bits per heavy atom. The molecule has 1 saturated heterocycles. The number of hydrogen-bond donors (Lipinski definition) is 1. The van der Waals surface area contributed by atoms with Gasteiger partial charge < -0.3 is 5.32 Å². The van der Waals surface area contributed by atoms with Crippen LogP contribution in [-0.2, 0) is 7.05 Å². The van der Waals surface area contributed by atoms with Gasteiger partial charge >= 0.3 is 0 Å². The van der Waals surface area contributed by atoms with Crippen LogP contribution in [-0.4, -0.2) is 22.9 Å². The number of benzene rings is 1. The maximum absolute atomic E-state index is 4.72. The van der Waals surface area contributed by atoms with Crippen molar-refractivity contribution in [2.24, 2.45) is 7.05 Å². The second-order valence-electron chi connectivity index (χ2n) is 5.51. The van der Waals surface area contributed by atoms with Gasteiger partial charge in [0.25, 0.3) is 0 Å². The Kier molecular flexibility index (Phi) is 3.38. The first kappa shape index (κ1) is 12.4. The third-order valence-corrected chi connectivity index (χ3v) is 3.87. The molecule has 1 fully saturated rings. The standard InChI is InChI=1S/C16H21N3/c1-12-5-3-6-13(9-12)15-11-19(2)18-16(15)14-7-4-8-17-10-14/h3,5-6,9,11,14,17H,4,7-8,10H2,1-2H3. The molecule has 0 saturated carbocycles. The van der Waals surface area contributed by atoms with E-state index < -0.39 is 0 Å². The highest BCUT2D eigenvalue weighted by Gasteiger charge is 2.22. The molecule has 1 atom stereocenters. The van der Waals surface area contributed by atoms with E-state index in [1.165, 1.54) is 35.2 Å². The summed E-state index contributed by atoms with van der Waals surface area (Å²) in [5.41, 5.74) is 5.13. The molecule has 1 aromatic carbocycles. The van der Waals surface area contributed by atoms with Crippen LogP contribution in [0.15, 0.2) is 30.5 Å². The van der Waals surface area contributed by atoms with Gasteiger partial charge in [-0.1, -0.05) is 29.8 Å². The highest BCUT2D eigenvalue weighted by molar-refractivity contribution is 5.66. The summed E-state index contributed by atoms with van der Waals surface area (Å²) in [5.74, 6) is 0.547. The summed E-state index contributed by atoms with van der Waals surface area (Å²) >= 11 is 0. The summed E-state index contributed by atoms with van der Waals surface area (Å²) in [6, 6.07) is 8.70. The van der Waals surface area contributed by atoms with Gasteiger partial charge in [0, 0.05) is 31.3 Å². The molecular weight excluding hydrogens is 234 g/mol. The van der Waals surface area contributed by atoms with E-state index in [0.29, 0.717) is 5.92 Å². The van der Waals surface area contributed by atoms with Crippen LogP contribution in [0.1, 0.15) is 30.0 Å². The van der Waals surface area contributed by atoms with Crippen molar-refractivity contribution in [1.82, 2.24) is 15.1 Å². The molecule has 0 bridgehead atoms. The zero-order chi connectivity index (χ0) is 13.2. The fraction of sp³-hybridized carbons (Fsp3) is 0.438. The Labute approximate surface area is 114 Å². The molecule has 1 N–H and O–H groups in total. The molecule has 0 aliphatic carbocycles. The Morgan fingerprint density at radius 1 is 1.37 bits per heavy atom. The van der Waals surface area contributed by atoms with E-state index >= 15 is 0 Å². The summed E-state index contributed by atoms with van der Waals surface area (Å²) in [5, 5.41) is 8.20. The van der Waals surface area contributed by atoms with Gasteiger partial charge in [-0.2, -0.15) is 5.10 Å². The maximum atomic E-state index is 4.72. The summed E-state index contributed by atoms with van der Waals surface area (Å²) in [7, 11) is 2.01. The molecule has 19 heavy (non-hydrogen) atoms. The largest absolute Gasteiger partial charge is 0.316 e. The van der Waals surface area contributed by atoms with E-state index in [-0.39, 0.29) is 0 Å². The van der Waals surface area contributed by atoms with Gasteiger partial charge in [0.15, 0.2) is 0 Å². The Balaban J connectivity index is 2.01. The molecule has 1 unspecified atom stereocenters. The van der Waals surface area contributed by atoms with E-state index in [2.05, 4.69) is 42.7 Å². The first-order valence-corrected chi connectivity index (χ1v) is 7.05. The molecule has 100 valence electrons. The van der Waals surface area contributed by atoms with Crippen LogP contribution in [0, 0.1) is 6.92 Å². The van der Waals surface area contributed by atoms with Crippen molar-refractivity contribution in [2.75, 3.05) is 13.1 Å². The highest BCUT2D eigenvalue weighted by atomic mass is 15.3. The normalized spacial score (nSPS) is 19.6. The lowest BCUT2D eigenvalue weighted by Crippen LogP contribution is -2.28. The van der Waals surface area contributed by atoms with E-state index in [1.54, 1.807) is 0 Å². The topological polar surface area (TPSA) is 29.9 Å². The second kappa shape index (κ2) is 5.17. The van der Waals surface area contributed by atoms with Crippen LogP contribution in [0.25, 0.3) is 11.1 Å². The molecule has 3 nitrogen and oxygen atoms in total. The maximum Gasteiger partial charge on any atom is 0.0746 e. The molecule has 1 aliphatic rings. The van der Waals surface area contributed by atoms with Crippen LogP contribution in [0.2, 0.25) is 0 Å². The molecule has 0 amide bonds. The summed E-state index contributed by atoms with van der Waals surface area (Å²) in [4.78, 5) is 0. The van der Waals surface area contributed by atoms with Gasteiger partial charge in [-0.25, -0.2) is 0 Å². The first-order valence-electron chi connectivity index (χ1n) is 7.05. The Hall–Kier alpha value is -1.61. The van der Waals surface area contributed by atoms with Crippen molar-refractivity contribution in [1.29, 1.82) is 0 Å². The fourth-order valence-corrected chi connectivity index (χ4v) is 2.93. The van der Waals surface area contributed by atoms with Crippen molar-refractivity contribution in [3.8, 4) is 11.1 Å². The lowest BCUT2D eigenvalue weighted by molar-refractivity contribution is 0.452. The monoisotopic (exact) mass is 255 g/mol. The van der Waals surface area contributed by atoms with Gasteiger partial charge in [-0.15, -0.1) is 0 Å². The average Bonchev–Trinajstić information content (AvgIpc) is 2.82. The van der Waals surface area contributed by atoms with E-state index in [4.69, 9.17) is 5.10 Å². The van der Waals surface area contributed by atoms with Crippen molar-refractivity contribution in [2.45, 2.75) is 25.7 Å². The lowest BCUT2D eigenvalue weighted by atomic mass is 9.91. The first-order chi connectivity index (χ1) is 9.24. The number of aromatic nitrogens is 2. The minimum atomic E-state index is 0.547. The number of piperidine rings is 1. The Morgan fingerprint density at radius 2 is 2.26 bits per heavy atom. The quantitative estimate of drug-likeness (QED) is 0.894. The SMILES string of the molecule is Cc1cccc(-c2cn(C)nc2C2CCCNC2)c1. The van der Waals surface area contributed by atoms with Gasteiger partial charge in [0.1, 0.15) is 0 Å². The predicted molar refractivity (Wildman–Crippen MR) is 78.2 cm³/mol. The van der Waals surface area contributed by atoms with Crippen molar-refractivity contribution in [3.63, 3.8) is 0 Å². The molecule has 0 radical (unpaired) electrons. The minimum absolute atomic E-state index is 0.547. The molecule has 2 aromatic rings. The third kappa shape index (κ3) is 2.56. The van der Waals surface area contributed by atoms with Gasteiger partial charge in [-0.3, -0.25) is 4.68 Å². The highest BCUT2D eigenvalue weighted by Crippen LogP contribution is 2.31. The smallest absolute Gasteiger partial charge is 0.0746 e. The fourth-order valence-electron chi connectivity index (χ4n) is 2.93. The zero-order valence-electron chi connectivity index (χ0n) is 11.7. The third-order valence-electron chi connectivity index (χ3n) is 3.87. The molecular formula is C16H21N3. The summed E-state index contributed by atoms with van der Waals surface area (Å²) < 4.78 is 1.95. The number of aryl methyl sites for hydroxylation is 2. The Bertz CT molecular complexity index is 565. The molecule has 0 spiro atoms. The predicted octanol–water partition coefficient (Wildman–Crippen LogP) is 2.86. The van der Waals surface area contributed by atoms with E-state index in [0.717, 1.165) is 13.1 Å². The number of rotatable bonds is 2. The van der Waals surface area contributed by atoms with Crippen molar-refractivity contribution >= 4 is 0 Å². The minimum Gasteiger partial charge on any atom is -0.316 e. The van der Waals surface area contributed by atoms with Crippen molar-refractivity contribution < 1.29 is 0 Å². The second-order valence-corrected chi connectivity index (χ2v) is 5.51. The van der Waals surface area contributed by atoms with Crippen LogP contribution < -0.4 is 5.32 Å². The molecule has 1 aliphatic heterocycles. The van der Waals surface area contributed by atoms with Crippen molar-refractivity contribution in [3.05, 3.63) is 41.7 Å². The van der Waals surface area contributed by atoms with Crippen LogP contribution in [0.5, 0.6) is 0 Å². The number of nitrogens with one attached hydrogen (secondary N) is 1. The molecule has 1 aromatic heterocycles. The molecule has 2 heterocycles. The van der Waals surface area contributed by atoms with Gasteiger partial charge in [-0.05, 0) is 31.9 Å². The number of nitrogens with zero attached hydrogens (tertiary/aromatic N) is 2. The molecule has 3 heteroatoms.